The Balaban J connectivity index is 2.67. The van der Waals surface area contributed by atoms with Crippen molar-refractivity contribution in [1.29, 1.82) is 0 Å². The van der Waals surface area contributed by atoms with Gasteiger partial charge in [0.25, 0.3) is 0 Å². The average molecular weight is 297 g/mol. The van der Waals surface area contributed by atoms with E-state index in [1.54, 1.807) is 18.2 Å². The molecule has 0 amide bonds. The Bertz CT molecular complexity index is 582. The summed E-state index contributed by atoms with van der Waals surface area (Å²) in [5.74, 6) is -1.33. The van der Waals surface area contributed by atoms with Crippen molar-refractivity contribution < 1.29 is 13.6 Å². The molecule has 0 aliphatic rings. The van der Waals surface area contributed by atoms with Gasteiger partial charge in [-0.15, -0.1) is 0 Å². The van der Waals surface area contributed by atoms with Crippen LogP contribution in [0.5, 0.6) is 0 Å². The summed E-state index contributed by atoms with van der Waals surface area (Å²) >= 11 is 3.00. The molecular formula is C13H7BrF2O. The maximum Gasteiger partial charge on any atom is 0.150 e. The number of carbonyl (C=O) groups excluding carboxylic acids is 1. The summed E-state index contributed by atoms with van der Waals surface area (Å²) in [6.07, 6.45) is 0.636. The maximum absolute atomic E-state index is 13.8. The summed E-state index contributed by atoms with van der Waals surface area (Å²) in [4.78, 5) is 10.6. The van der Waals surface area contributed by atoms with E-state index < -0.39 is 11.6 Å². The molecule has 0 aromatic heterocycles. The third-order valence-electron chi connectivity index (χ3n) is 2.36. The number of hydrogen-bond acceptors (Lipinski definition) is 1. The fourth-order valence-electron chi connectivity index (χ4n) is 1.56. The monoisotopic (exact) mass is 296 g/mol. The van der Waals surface area contributed by atoms with Crippen LogP contribution in [0.4, 0.5) is 8.78 Å². The third-order valence-corrected chi connectivity index (χ3v) is 2.97. The Morgan fingerprint density at radius 1 is 1.12 bits per heavy atom. The van der Waals surface area contributed by atoms with E-state index in [2.05, 4.69) is 15.9 Å². The van der Waals surface area contributed by atoms with Gasteiger partial charge in [-0.25, -0.2) is 8.78 Å². The van der Waals surface area contributed by atoms with E-state index in [4.69, 9.17) is 0 Å². The largest absolute Gasteiger partial charge is 0.298 e. The van der Waals surface area contributed by atoms with E-state index in [-0.39, 0.29) is 10.0 Å². The standard InChI is InChI=1S/C13H7BrF2O/c14-10-4-5-11(15)12(13(10)16)9-3-1-2-8(6-9)7-17/h1-7H. The van der Waals surface area contributed by atoms with E-state index in [0.717, 1.165) is 0 Å². The molecule has 2 rings (SSSR count). The van der Waals surface area contributed by atoms with Gasteiger partial charge in [-0.05, 0) is 39.7 Å². The van der Waals surface area contributed by atoms with Gasteiger partial charge in [-0.2, -0.15) is 0 Å². The Morgan fingerprint density at radius 2 is 1.88 bits per heavy atom. The van der Waals surface area contributed by atoms with Crippen molar-refractivity contribution in [1.82, 2.24) is 0 Å². The summed E-state index contributed by atoms with van der Waals surface area (Å²) < 4.78 is 27.6. The molecule has 0 bridgehead atoms. The Kier molecular flexibility index (Phi) is 3.33. The van der Waals surface area contributed by atoms with Gasteiger partial charge in [0.2, 0.25) is 0 Å². The van der Waals surface area contributed by atoms with Gasteiger partial charge in [0, 0.05) is 5.56 Å². The van der Waals surface area contributed by atoms with E-state index >= 15 is 0 Å². The molecule has 4 heteroatoms. The smallest absolute Gasteiger partial charge is 0.150 e. The molecule has 17 heavy (non-hydrogen) atoms. The van der Waals surface area contributed by atoms with Gasteiger partial charge >= 0.3 is 0 Å². The summed E-state index contributed by atoms with van der Waals surface area (Å²) in [5, 5.41) is 0. The zero-order valence-electron chi connectivity index (χ0n) is 8.58. The third kappa shape index (κ3) is 2.26. The number of hydrogen-bond donors (Lipinski definition) is 0. The van der Waals surface area contributed by atoms with Crippen molar-refractivity contribution in [2.45, 2.75) is 0 Å². The minimum atomic E-state index is -0.673. The fourth-order valence-corrected chi connectivity index (χ4v) is 1.89. The molecule has 0 spiro atoms. The molecule has 2 aromatic carbocycles. The number of halogens is 3. The van der Waals surface area contributed by atoms with E-state index in [1.807, 2.05) is 0 Å². The lowest BCUT2D eigenvalue weighted by molar-refractivity contribution is 0.112. The minimum Gasteiger partial charge on any atom is -0.298 e. The average Bonchev–Trinajstić information content (AvgIpc) is 2.35. The quantitative estimate of drug-likeness (QED) is 0.599. The summed E-state index contributed by atoms with van der Waals surface area (Å²) in [6.45, 7) is 0. The number of carbonyl (C=O) groups is 1. The van der Waals surface area contributed by atoms with Crippen LogP contribution in [-0.4, -0.2) is 6.29 Å². The highest BCUT2D eigenvalue weighted by atomic mass is 79.9. The lowest BCUT2D eigenvalue weighted by Crippen LogP contribution is -1.92. The van der Waals surface area contributed by atoms with Gasteiger partial charge in [0.15, 0.2) is 0 Å². The molecule has 86 valence electrons. The minimum absolute atomic E-state index is 0.136. The molecule has 0 N–H and O–H groups in total. The van der Waals surface area contributed by atoms with Crippen LogP contribution < -0.4 is 0 Å². The van der Waals surface area contributed by atoms with Crippen LogP contribution in [-0.2, 0) is 0 Å². The first-order valence-electron chi connectivity index (χ1n) is 4.82. The van der Waals surface area contributed by atoms with Crippen molar-refractivity contribution in [3.8, 4) is 11.1 Å². The highest BCUT2D eigenvalue weighted by Gasteiger charge is 2.14. The maximum atomic E-state index is 13.8. The van der Waals surface area contributed by atoms with Crippen molar-refractivity contribution in [2.24, 2.45) is 0 Å². The van der Waals surface area contributed by atoms with Crippen LogP contribution in [0, 0.1) is 11.6 Å². The first kappa shape index (κ1) is 11.9. The predicted octanol–water partition coefficient (Wildman–Crippen LogP) is 4.21. The molecular weight excluding hydrogens is 290 g/mol. The molecule has 0 radical (unpaired) electrons. The first-order valence-corrected chi connectivity index (χ1v) is 5.62. The van der Waals surface area contributed by atoms with E-state index in [9.17, 15) is 13.6 Å². The normalized spacial score (nSPS) is 10.3. The van der Waals surface area contributed by atoms with Gasteiger partial charge in [0.1, 0.15) is 17.9 Å². The molecule has 0 saturated carbocycles. The molecule has 0 unspecified atom stereocenters. The Hall–Kier alpha value is -1.55. The second-order valence-electron chi connectivity index (χ2n) is 3.46. The van der Waals surface area contributed by atoms with Crippen molar-refractivity contribution >= 4 is 22.2 Å². The molecule has 0 atom stereocenters. The summed E-state index contributed by atoms with van der Waals surface area (Å²) in [7, 11) is 0. The lowest BCUT2D eigenvalue weighted by atomic mass is 10.0. The molecule has 0 heterocycles. The van der Waals surface area contributed by atoms with E-state index in [1.165, 1.54) is 18.2 Å². The fraction of sp³-hybridized carbons (Fsp3) is 0. The predicted molar refractivity (Wildman–Crippen MR) is 64.9 cm³/mol. The van der Waals surface area contributed by atoms with Crippen molar-refractivity contribution in [3.05, 3.63) is 58.1 Å². The van der Waals surface area contributed by atoms with Gasteiger partial charge in [-0.3, -0.25) is 4.79 Å². The Labute approximate surface area is 105 Å². The lowest BCUT2D eigenvalue weighted by Gasteiger charge is -2.07. The number of rotatable bonds is 2. The molecule has 0 fully saturated rings. The van der Waals surface area contributed by atoms with Gasteiger partial charge < -0.3 is 0 Å². The number of aldehydes is 1. The van der Waals surface area contributed by atoms with Gasteiger partial charge in [0.05, 0.1) is 10.0 Å². The van der Waals surface area contributed by atoms with Gasteiger partial charge in [-0.1, -0.05) is 18.2 Å². The second-order valence-corrected chi connectivity index (χ2v) is 4.32. The highest BCUT2D eigenvalue weighted by Crippen LogP contribution is 2.30. The topological polar surface area (TPSA) is 17.1 Å². The summed E-state index contributed by atoms with van der Waals surface area (Å²) in [5.41, 5.74) is 0.579. The van der Waals surface area contributed by atoms with Crippen LogP contribution in [0.15, 0.2) is 40.9 Å². The second kappa shape index (κ2) is 4.75. The van der Waals surface area contributed by atoms with Crippen molar-refractivity contribution in [2.75, 3.05) is 0 Å². The molecule has 0 saturated heterocycles. The molecule has 0 aliphatic heterocycles. The number of benzene rings is 2. The Morgan fingerprint density at radius 3 is 2.59 bits per heavy atom. The van der Waals surface area contributed by atoms with Crippen LogP contribution in [0.25, 0.3) is 11.1 Å². The van der Waals surface area contributed by atoms with Crippen LogP contribution in [0.2, 0.25) is 0 Å². The SMILES string of the molecule is O=Cc1cccc(-c2c(F)ccc(Br)c2F)c1. The first-order chi connectivity index (χ1) is 8.13. The van der Waals surface area contributed by atoms with E-state index in [0.29, 0.717) is 17.4 Å². The molecule has 2 aromatic rings. The van der Waals surface area contributed by atoms with Crippen LogP contribution >= 0.6 is 15.9 Å². The molecule has 0 aliphatic carbocycles. The van der Waals surface area contributed by atoms with Crippen LogP contribution in [0.1, 0.15) is 10.4 Å². The zero-order chi connectivity index (χ0) is 12.4. The van der Waals surface area contributed by atoms with Crippen molar-refractivity contribution in [3.63, 3.8) is 0 Å². The molecule has 1 nitrogen and oxygen atoms in total. The zero-order valence-corrected chi connectivity index (χ0v) is 10.2. The van der Waals surface area contributed by atoms with Crippen LogP contribution in [0.3, 0.4) is 0 Å². The highest BCUT2D eigenvalue weighted by molar-refractivity contribution is 9.10. The summed E-state index contributed by atoms with van der Waals surface area (Å²) in [6, 6.07) is 8.64.